The van der Waals surface area contributed by atoms with Crippen LogP contribution in [0.4, 0.5) is 0 Å². The van der Waals surface area contributed by atoms with E-state index in [1.165, 1.54) is 39.8 Å². The number of allylic oxidation sites excluding steroid dienone is 3. The lowest BCUT2D eigenvalue weighted by atomic mass is 9.94. The molecule has 1 fully saturated rings. The Morgan fingerprint density at radius 2 is 1.31 bits per heavy atom. The highest BCUT2D eigenvalue weighted by Crippen LogP contribution is 2.19. The number of nitrogens with two attached hydrogens (primary N) is 4. The maximum absolute atomic E-state index is 14.3. The quantitative estimate of drug-likeness (QED) is 0.0207. The van der Waals surface area contributed by atoms with Crippen LogP contribution in [0.25, 0.3) is 0 Å². The number of nitrogens with one attached hydrogen (secondary N) is 7. The number of hydrogen-bond donors (Lipinski definition) is 13. The van der Waals surface area contributed by atoms with Gasteiger partial charge in [0.25, 0.3) is 5.91 Å². The number of aliphatic carboxylic acids is 2. The van der Waals surface area contributed by atoms with Crippen molar-refractivity contribution in [3.8, 4) is 0 Å². The van der Waals surface area contributed by atoms with Crippen molar-refractivity contribution in [1.29, 1.82) is 0 Å². The van der Waals surface area contributed by atoms with Crippen LogP contribution in [0.5, 0.6) is 0 Å². The first-order chi connectivity index (χ1) is 35.3. The van der Waals surface area contributed by atoms with Gasteiger partial charge in [0.1, 0.15) is 42.0 Å². The second kappa shape index (κ2) is 32.0. The summed E-state index contributed by atoms with van der Waals surface area (Å²) in [5, 5.41) is 37.4. The van der Waals surface area contributed by atoms with Crippen molar-refractivity contribution in [3.05, 3.63) is 71.5 Å². The Morgan fingerprint density at radius 3 is 1.85 bits per heavy atom. The molecule has 2 rings (SSSR count). The average molecular weight is 1050 g/mol. The van der Waals surface area contributed by atoms with E-state index >= 15 is 0 Å². The van der Waals surface area contributed by atoms with Crippen LogP contribution in [-0.4, -0.2) is 137 Å². The highest BCUT2D eigenvalue weighted by Gasteiger charge is 2.34. The summed E-state index contributed by atoms with van der Waals surface area (Å²) in [5.41, 5.74) is 23.0. The van der Waals surface area contributed by atoms with Gasteiger partial charge in [0.2, 0.25) is 35.4 Å². The predicted octanol–water partition coefficient (Wildman–Crippen LogP) is -1.66. The average Bonchev–Trinajstić information content (AvgIpc) is 3.33. The lowest BCUT2D eigenvalue weighted by Crippen LogP contribution is -2.56. The molecule has 1 aromatic rings. The number of aliphatic imine (C=N–C) groups is 2. The number of carbonyl (C=O) groups is 10. The minimum atomic E-state index is -1.93. The van der Waals surface area contributed by atoms with Gasteiger partial charge < -0.3 is 75.1 Å². The summed E-state index contributed by atoms with van der Waals surface area (Å²) in [6.07, 6.45) is 3.78. The molecule has 1 heterocycles. The Bertz CT molecular complexity index is 2350. The predicted molar refractivity (Wildman–Crippen MR) is 275 cm³/mol. The van der Waals surface area contributed by atoms with Crippen LogP contribution in [0, 0.1) is 11.8 Å². The fraction of sp³-hybridized carbons (Fsp3) is 0.510. The molecule has 0 spiro atoms. The third-order valence-electron chi connectivity index (χ3n) is 11.5. The number of guanidine groups is 2. The van der Waals surface area contributed by atoms with E-state index in [-0.39, 0.29) is 62.3 Å². The minimum Gasteiger partial charge on any atom is -0.480 e. The molecule has 1 aliphatic heterocycles. The molecule has 0 radical (unpaired) electrons. The van der Waals surface area contributed by atoms with Crippen molar-refractivity contribution in [2.45, 2.75) is 135 Å². The Kier molecular flexibility index (Phi) is 26.8. The zero-order valence-corrected chi connectivity index (χ0v) is 43.1. The summed E-state index contributed by atoms with van der Waals surface area (Å²) in [4.78, 5) is 140. The molecule has 0 saturated carbocycles. The summed E-state index contributed by atoms with van der Waals surface area (Å²) in [6, 6.07) is 0.201. The van der Waals surface area contributed by atoms with Crippen LogP contribution in [0.2, 0.25) is 0 Å². The second-order valence-electron chi connectivity index (χ2n) is 17.9. The minimum absolute atomic E-state index is 0.00827. The van der Waals surface area contributed by atoms with E-state index in [2.05, 4.69) is 47.2 Å². The van der Waals surface area contributed by atoms with Crippen molar-refractivity contribution < 1.29 is 62.9 Å². The Labute approximate surface area is 434 Å². The van der Waals surface area contributed by atoms with E-state index in [0.717, 1.165) is 5.56 Å². The molecule has 26 heteroatoms. The van der Waals surface area contributed by atoms with Gasteiger partial charge in [-0.05, 0) is 58.4 Å². The molecule has 1 aliphatic rings. The van der Waals surface area contributed by atoms with E-state index in [1.54, 1.807) is 13.0 Å². The molecule has 0 aromatic heterocycles. The third kappa shape index (κ3) is 23.8. The molecular formula is C49H73N13O13. The first-order valence-corrected chi connectivity index (χ1v) is 24.2. The first-order valence-electron chi connectivity index (χ1n) is 24.2. The van der Waals surface area contributed by atoms with Gasteiger partial charge in [0.15, 0.2) is 11.9 Å². The standard InChI is InChI=1S/C49H73N13O13/c1-7-32-43(68)56-29(5)42(67)60-35(16-12-22-55-49(52)53)45(70)62-37(47(73)74)25-40(65)58-34(15-11-21-54-48(50)51)44(69)59-33(28(4)41(66)61-36(46(71)72)19-20-39(64)57-32)18-17-26(2)23-27(3)38(75-30(6)63)24-31-13-9-8-10-14-31/h7-10,13-14,17-18,23,27-29,33-38H,11-12,15-16,19-22,24-25H2,1-6H3,(H,56,68)(H,57,64)(H,58,65)(H,59,69)(H,60,67)(H,61,66)(H,62,70)(H,71,72)(H,73,74)(H4,50,51,54)(H4,52,53,55). The molecule has 9 unspecified atom stereocenters. The molecule has 0 aliphatic carbocycles. The first kappa shape index (κ1) is 62.8. The van der Waals surface area contributed by atoms with Gasteiger partial charge in [-0.15, -0.1) is 0 Å². The number of amides is 7. The number of rotatable bonds is 17. The number of carboxylic acid groups (broad SMARTS) is 2. The van der Waals surface area contributed by atoms with Gasteiger partial charge in [0.05, 0.1) is 18.4 Å². The number of esters is 1. The van der Waals surface area contributed by atoms with E-state index in [0.29, 0.717) is 12.0 Å². The van der Waals surface area contributed by atoms with Crippen LogP contribution >= 0.6 is 0 Å². The van der Waals surface area contributed by atoms with Crippen LogP contribution in [0.3, 0.4) is 0 Å². The highest BCUT2D eigenvalue weighted by molar-refractivity contribution is 6.00. The van der Waals surface area contributed by atoms with Crippen molar-refractivity contribution in [1.82, 2.24) is 37.2 Å². The topological polar surface area (TPSA) is 433 Å². The number of carboxylic acids is 2. The number of ether oxygens (including phenoxy) is 1. The van der Waals surface area contributed by atoms with Crippen molar-refractivity contribution in [2.75, 3.05) is 13.1 Å². The summed E-state index contributed by atoms with van der Waals surface area (Å²) in [6.45, 7) is 8.88. The van der Waals surface area contributed by atoms with Crippen LogP contribution in [0.1, 0.15) is 92.1 Å². The van der Waals surface area contributed by atoms with Crippen LogP contribution in [-0.2, 0) is 59.1 Å². The molecule has 9 atom stereocenters. The SMILES string of the molecule is CC=C1NC(=O)CCC(C(=O)O)NC(=O)C(C)C(C=CC(C)=CC(C)C(Cc2ccccc2)OC(C)=O)NC(=O)C(CCCN=C(N)N)NC(=O)CC(C(=O)O)NC(=O)C(CCCN=C(N)N)NC(=O)C(C)NC1=O. The molecule has 7 amide bonds. The Balaban J connectivity index is 2.72. The van der Waals surface area contributed by atoms with Gasteiger partial charge in [-0.2, -0.15) is 0 Å². The van der Waals surface area contributed by atoms with Crippen molar-refractivity contribution in [3.63, 3.8) is 0 Å². The van der Waals surface area contributed by atoms with Crippen LogP contribution < -0.4 is 60.2 Å². The maximum atomic E-state index is 14.3. The van der Waals surface area contributed by atoms with Gasteiger partial charge in [0, 0.05) is 38.8 Å². The monoisotopic (exact) mass is 1050 g/mol. The van der Waals surface area contributed by atoms with Crippen LogP contribution in [0.15, 0.2) is 75.9 Å². The second-order valence-corrected chi connectivity index (χ2v) is 17.9. The molecule has 75 heavy (non-hydrogen) atoms. The molecule has 412 valence electrons. The molecule has 26 nitrogen and oxygen atoms in total. The molecule has 1 aromatic carbocycles. The molecule has 0 bridgehead atoms. The Hall–Kier alpha value is -8.32. The van der Waals surface area contributed by atoms with Gasteiger partial charge in [-0.1, -0.05) is 74.1 Å². The number of carbonyl (C=O) groups excluding carboxylic acids is 8. The van der Waals surface area contributed by atoms with E-state index in [1.807, 2.05) is 43.3 Å². The highest BCUT2D eigenvalue weighted by atomic mass is 16.5. The molecular weight excluding hydrogens is 979 g/mol. The van der Waals surface area contributed by atoms with Gasteiger partial charge in [-0.3, -0.25) is 48.3 Å². The third-order valence-corrected chi connectivity index (χ3v) is 11.5. The van der Waals surface area contributed by atoms with Crippen molar-refractivity contribution >= 4 is 71.2 Å². The molecule has 1 saturated heterocycles. The normalized spacial score (nSPS) is 23.7. The zero-order chi connectivity index (χ0) is 56.4. The van der Waals surface area contributed by atoms with E-state index < -0.39 is 127 Å². The number of benzene rings is 1. The zero-order valence-electron chi connectivity index (χ0n) is 43.1. The Morgan fingerprint density at radius 1 is 0.747 bits per heavy atom. The molecule has 17 N–H and O–H groups in total. The fourth-order valence-electron chi connectivity index (χ4n) is 7.40. The maximum Gasteiger partial charge on any atom is 0.326 e. The van der Waals surface area contributed by atoms with E-state index in [4.69, 9.17) is 27.7 Å². The van der Waals surface area contributed by atoms with Crippen molar-refractivity contribution in [2.24, 2.45) is 44.8 Å². The fourth-order valence-corrected chi connectivity index (χ4v) is 7.40. The van der Waals surface area contributed by atoms with Gasteiger partial charge in [-0.25, -0.2) is 9.59 Å². The lowest BCUT2D eigenvalue weighted by Gasteiger charge is -2.27. The smallest absolute Gasteiger partial charge is 0.326 e. The van der Waals surface area contributed by atoms with E-state index in [9.17, 15) is 58.2 Å². The largest absolute Gasteiger partial charge is 0.480 e. The summed E-state index contributed by atoms with van der Waals surface area (Å²) >= 11 is 0. The summed E-state index contributed by atoms with van der Waals surface area (Å²) < 4.78 is 5.67. The number of nitrogens with zero attached hydrogens (tertiary/aromatic N) is 2. The number of hydrogen-bond acceptors (Lipinski definition) is 13. The lowest BCUT2D eigenvalue weighted by molar-refractivity contribution is -0.148. The summed E-state index contributed by atoms with van der Waals surface area (Å²) in [7, 11) is 0. The summed E-state index contributed by atoms with van der Waals surface area (Å²) in [5.74, 6) is -12.4. The van der Waals surface area contributed by atoms with Gasteiger partial charge >= 0.3 is 17.9 Å².